The minimum Gasteiger partial charge on any atom is -0.0844 e. The van der Waals surface area contributed by atoms with Crippen molar-refractivity contribution in [3.05, 3.63) is 34.9 Å². The van der Waals surface area contributed by atoms with Crippen LogP contribution in [-0.2, 0) is 0 Å². The maximum absolute atomic E-state index is 2.57. The van der Waals surface area contributed by atoms with Gasteiger partial charge in [-0.25, -0.2) is 0 Å². The van der Waals surface area contributed by atoms with E-state index < -0.39 is 0 Å². The quantitative estimate of drug-likeness (QED) is 0.559. The van der Waals surface area contributed by atoms with E-state index in [1.807, 2.05) is 0 Å². The average Bonchev–Trinajstić information content (AvgIpc) is 2.96. The highest BCUT2D eigenvalue weighted by atomic mass is 14.8. The second kappa shape index (κ2) is 4.90. The summed E-state index contributed by atoms with van der Waals surface area (Å²) in [5, 5.41) is 0. The van der Waals surface area contributed by atoms with Gasteiger partial charge in [-0.2, -0.15) is 0 Å². The van der Waals surface area contributed by atoms with Gasteiger partial charge >= 0.3 is 0 Å². The van der Waals surface area contributed by atoms with E-state index in [2.05, 4.69) is 52.8 Å². The van der Waals surface area contributed by atoms with Crippen molar-refractivity contribution in [2.75, 3.05) is 0 Å². The third-order valence-electron chi connectivity index (χ3n) is 6.49. The molecular weight excluding hydrogens is 240 g/mol. The minimum absolute atomic E-state index is 0.633. The molecule has 0 aromatic carbocycles. The van der Waals surface area contributed by atoms with Crippen molar-refractivity contribution in [2.24, 2.45) is 29.1 Å². The average molecular weight is 270 g/mol. The van der Waals surface area contributed by atoms with Gasteiger partial charge in [0.25, 0.3) is 0 Å². The fourth-order valence-electron chi connectivity index (χ4n) is 5.41. The Morgan fingerprint density at radius 2 is 2.00 bits per heavy atom. The van der Waals surface area contributed by atoms with Crippen LogP contribution in [-0.4, -0.2) is 0 Å². The molecule has 0 bridgehead atoms. The lowest BCUT2D eigenvalue weighted by Crippen LogP contribution is -2.18. The number of hydrogen-bond acceptors (Lipinski definition) is 0. The molecule has 5 atom stereocenters. The molecule has 0 aliphatic heterocycles. The molecule has 0 aromatic rings. The van der Waals surface area contributed by atoms with Crippen molar-refractivity contribution < 1.29 is 0 Å². The maximum atomic E-state index is 2.57. The predicted molar refractivity (Wildman–Crippen MR) is 87.5 cm³/mol. The SMILES string of the molecule is CC(C)=CCC=C(C)C1CC=C(C)C23CCC(C)C2C13. The molecule has 1 spiro atoms. The van der Waals surface area contributed by atoms with Crippen LogP contribution in [0.3, 0.4) is 0 Å². The van der Waals surface area contributed by atoms with E-state index in [4.69, 9.17) is 0 Å². The smallest absolute Gasteiger partial charge is 0.00197 e. The molecule has 0 N–H and O–H groups in total. The summed E-state index contributed by atoms with van der Waals surface area (Å²) in [7, 11) is 0. The van der Waals surface area contributed by atoms with E-state index in [9.17, 15) is 0 Å². The number of hydrogen-bond donors (Lipinski definition) is 0. The molecule has 110 valence electrons. The van der Waals surface area contributed by atoms with Crippen LogP contribution in [0.15, 0.2) is 34.9 Å². The van der Waals surface area contributed by atoms with Crippen LogP contribution < -0.4 is 0 Å². The van der Waals surface area contributed by atoms with E-state index in [1.54, 1.807) is 11.1 Å². The Morgan fingerprint density at radius 1 is 1.25 bits per heavy atom. The van der Waals surface area contributed by atoms with Gasteiger partial charge in [0.05, 0.1) is 0 Å². The first-order valence-corrected chi connectivity index (χ1v) is 8.45. The van der Waals surface area contributed by atoms with Crippen molar-refractivity contribution in [1.29, 1.82) is 0 Å². The zero-order valence-electron chi connectivity index (χ0n) is 13.9. The molecular formula is C20H30. The van der Waals surface area contributed by atoms with Gasteiger partial charge in [-0.15, -0.1) is 0 Å². The first kappa shape index (κ1) is 14.2. The topological polar surface area (TPSA) is 0 Å². The van der Waals surface area contributed by atoms with Gasteiger partial charge in [0.15, 0.2) is 0 Å². The molecule has 0 amide bonds. The predicted octanol–water partition coefficient (Wildman–Crippen LogP) is 5.92. The highest BCUT2D eigenvalue weighted by Gasteiger charge is 2.72. The van der Waals surface area contributed by atoms with Crippen LogP contribution in [0.2, 0.25) is 0 Å². The van der Waals surface area contributed by atoms with Gasteiger partial charge in [0, 0.05) is 0 Å². The molecule has 0 heteroatoms. The van der Waals surface area contributed by atoms with Gasteiger partial charge in [-0.05, 0) is 82.5 Å². The molecule has 2 saturated carbocycles. The largest absolute Gasteiger partial charge is 0.0844 e. The Morgan fingerprint density at radius 3 is 2.70 bits per heavy atom. The van der Waals surface area contributed by atoms with Crippen LogP contribution >= 0.6 is 0 Å². The summed E-state index contributed by atoms with van der Waals surface area (Å²) < 4.78 is 0. The van der Waals surface area contributed by atoms with Gasteiger partial charge in [0.2, 0.25) is 0 Å². The first-order chi connectivity index (χ1) is 9.48. The first-order valence-electron chi connectivity index (χ1n) is 8.45. The summed E-state index contributed by atoms with van der Waals surface area (Å²) >= 11 is 0. The molecule has 0 heterocycles. The highest BCUT2D eigenvalue weighted by molar-refractivity contribution is 5.38. The molecule has 3 aliphatic carbocycles. The van der Waals surface area contributed by atoms with Crippen LogP contribution in [0.1, 0.15) is 60.3 Å². The summed E-state index contributed by atoms with van der Waals surface area (Å²) in [5.41, 5.74) is 5.44. The van der Waals surface area contributed by atoms with Crippen molar-refractivity contribution >= 4 is 0 Å². The lowest BCUT2D eigenvalue weighted by molar-refractivity contribution is 0.357. The lowest BCUT2D eigenvalue weighted by Gasteiger charge is -2.28. The molecule has 20 heavy (non-hydrogen) atoms. The van der Waals surface area contributed by atoms with Crippen molar-refractivity contribution in [2.45, 2.75) is 60.3 Å². The van der Waals surface area contributed by atoms with Crippen LogP contribution in [0.25, 0.3) is 0 Å². The second-order valence-electron chi connectivity index (χ2n) is 7.80. The minimum atomic E-state index is 0.633. The van der Waals surface area contributed by atoms with Crippen LogP contribution in [0.5, 0.6) is 0 Å². The number of rotatable bonds is 3. The molecule has 0 radical (unpaired) electrons. The van der Waals surface area contributed by atoms with Gasteiger partial charge < -0.3 is 0 Å². The van der Waals surface area contributed by atoms with Gasteiger partial charge in [-0.1, -0.05) is 41.9 Å². The second-order valence-corrected chi connectivity index (χ2v) is 7.80. The van der Waals surface area contributed by atoms with Crippen molar-refractivity contribution in [3.8, 4) is 0 Å². The van der Waals surface area contributed by atoms with E-state index in [1.165, 1.54) is 24.8 Å². The molecule has 0 nitrogen and oxygen atoms in total. The molecule has 3 aliphatic rings. The Bertz CT molecular complexity index is 486. The number of fused-ring (bicyclic) bond motifs is 1. The normalized spacial score (nSPS) is 42.6. The fraction of sp³-hybridized carbons (Fsp3) is 0.700. The third-order valence-corrected chi connectivity index (χ3v) is 6.49. The molecule has 2 fully saturated rings. The zero-order chi connectivity index (χ0) is 14.5. The number of allylic oxidation sites excluding steroid dienone is 6. The van der Waals surface area contributed by atoms with Crippen LogP contribution in [0.4, 0.5) is 0 Å². The summed E-state index contributed by atoms with van der Waals surface area (Å²) in [6.45, 7) is 11.7. The maximum Gasteiger partial charge on any atom is -0.00197 e. The molecule has 0 aromatic heterocycles. The third kappa shape index (κ3) is 1.95. The molecule has 3 rings (SSSR count). The van der Waals surface area contributed by atoms with Gasteiger partial charge in [-0.3, -0.25) is 0 Å². The van der Waals surface area contributed by atoms with Crippen LogP contribution in [0, 0.1) is 29.1 Å². The standard InChI is InChI=1S/C20H30/c1-13(2)7-6-8-14(3)17-10-9-16(5)20-12-11-15(4)18(20)19(17)20/h7-9,15,17-19H,6,10-12H2,1-5H3. The summed E-state index contributed by atoms with van der Waals surface area (Å²) in [6, 6.07) is 0. The summed E-state index contributed by atoms with van der Waals surface area (Å²) in [5.74, 6) is 3.75. The van der Waals surface area contributed by atoms with E-state index >= 15 is 0 Å². The fourth-order valence-corrected chi connectivity index (χ4v) is 5.41. The lowest BCUT2D eigenvalue weighted by atomic mass is 9.76. The Kier molecular flexibility index (Phi) is 3.47. The van der Waals surface area contributed by atoms with E-state index in [0.717, 1.165) is 30.1 Å². The Hall–Kier alpha value is -0.780. The highest BCUT2D eigenvalue weighted by Crippen LogP contribution is 2.78. The van der Waals surface area contributed by atoms with Crippen molar-refractivity contribution in [3.63, 3.8) is 0 Å². The molecule has 0 saturated heterocycles. The monoisotopic (exact) mass is 270 g/mol. The zero-order valence-corrected chi connectivity index (χ0v) is 13.9. The summed E-state index contributed by atoms with van der Waals surface area (Å²) in [6.07, 6.45) is 12.7. The van der Waals surface area contributed by atoms with E-state index in [-0.39, 0.29) is 0 Å². The summed E-state index contributed by atoms with van der Waals surface area (Å²) in [4.78, 5) is 0. The molecule has 5 unspecified atom stereocenters. The van der Waals surface area contributed by atoms with Gasteiger partial charge in [0.1, 0.15) is 0 Å². The van der Waals surface area contributed by atoms with Crippen molar-refractivity contribution in [1.82, 2.24) is 0 Å². The Balaban J connectivity index is 1.79. The van der Waals surface area contributed by atoms with E-state index in [0.29, 0.717) is 5.41 Å². The Labute approximate surface area is 125 Å².